The van der Waals surface area contributed by atoms with Crippen LogP contribution in [0.15, 0.2) is 95.1 Å². The molecule has 0 spiro atoms. The molecule has 0 aliphatic heterocycles. The molecule has 0 bridgehead atoms. The minimum absolute atomic E-state index is 0.225. The Bertz CT molecular complexity index is 866. The molecule has 0 unspecified atom stereocenters. The summed E-state index contributed by atoms with van der Waals surface area (Å²) in [6, 6.07) is 26.4. The molecule has 0 saturated heterocycles. The van der Waals surface area contributed by atoms with Crippen molar-refractivity contribution >= 4 is 22.8 Å². The first-order chi connectivity index (χ1) is 13.8. The SMILES string of the molecule is OCC(=NNc1ccccc1)c1cccc(/C(CO)=N\Nc2ccccc2)c1. The first-order valence-corrected chi connectivity index (χ1v) is 8.88. The summed E-state index contributed by atoms with van der Waals surface area (Å²) >= 11 is 0. The molecule has 6 heteroatoms. The van der Waals surface area contributed by atoms with Gasteiger partial charge >= 0.3 is 0 Å². The van der Waals surface area contributed by atoms with E-state index in [2.05, 4.69) is 21.1 Å². The molecule has 3 rings (SSSR count). The fraction of sp³-hybridized carbons (Fsp3) is 0.0909. The molecule has 0 saturated carbocycles. The van der Waals surface area contributed by atoms with Gasteiger partial charge in [-0.15, -0.1) is 0 Å². The van der Waals surface area contributed by atoms with Crippen LogP contribution in [0.25, 0.3) is 0 Å². The number of hydrogen-bond acceptors (Lipinski definition) is 6. The zero-order valence-corrected chi connectivity index (χ0v) is 15.3. The van der Waals surface area contributed by atoms with Gasteiger partial charge in [0.05, 0.1) is 36.0 Å². The van der Waals surface area contributed by atoms with Gasteiger partial charge in [-0.1, -0.05) is 54.6 Å². The fourth-order valence-corrected chi connectivity index (χ4v) is 2.55. The van der Waals surface area contributed by atoms with E-state index >= 15 is 0 Å². The van der Waals surface area contributed by atoms with E-state index in [0.29, 0.717) is 11.4 Å². The number of hydrogen-bond donors (Lipinski definition) is 4. The van der Waals surface area contributed by atoms with E-state index in [1.807, 2.05) is 84.9 Å². The first kappa shape index (κ1) is 19.3. The maximum atomic E-state index is 9.73. The van der Waals surface area contributed by atoms with Crippen LogP contribution in [0.4, 0.5) is 11.4 Å². The van der Waals surface area contributed by atoms with Crippen molar-refractivity contribution in [3.63, 3.8) is 0 Å². The Kier molecular flexibility index (Phi) is 6.89. The molecule has 0 aliphatic rings. The van der Waals surface area contributed by atoms with Gasteiger partial charge in [-0.3, -0.25) is 10.9 Å². The maximum absolute atomic E-state index is 9.73. The fourth-order valence-electron chi connectivity index (χ4n) is 2.55. The molecular formula is C22H22N4O2. The first-order valence-electron chi connectivity index (χ1n) is 8.88. The van der Waals surface area contributed by atoms with Gasteiger partial charge in [-0.25, -0.2) is 0 Å². The molecule has 0 aromatic heterocycles. The van der Waals surface area contributed by atoms with E-state index in [-0.39, 0.29) is 13.2 Å². The zero-order valence-electron chi connectivity index (χ0n) is 15.3. The van der Waals surface area contributed by atoms with Crippen LogP contribution in [-0.2, 0) is 0 Å². The van der Waals surface area contributed by atoms with E-state index < -0.39 is 0 Å². The Morgan fingerprint density at radius 2 is 1.04 bits per heavy atom. The molecule has 3 aromatic rings. The van der Waals surface area contributed by atoms with Gasteiger partial charge in [0.15, 0.2) is 0 Å². The molecule has 0 fully saturated rings. The lowest BCUT2D eigenvalue weighted by molar-refractivity contribution is 0.357. The van der Waals surface area contributed by atoms with Gasteiger partial charge in [0.1, 0.15) is 0 Å². The highest BCUT2D eigenvalue weighted by Crippen LogP contribution is 2.11. The number of rotatable bonds is 8. The van der Waals surface area contributed by atoms with Gasteiger partial charge in [-0.05, 0) is 30.3 Å². The Morgan fingerprint density at radius 1 is 0.607 bits per heavy atom. The Balaban J connectivity index is 1.80. The zero-order chi connectivity index (χ0) is 19.6. The lowest BCUT2D eigenvalue weighted by Gasteiger charge is -2.09. The number of benzene rings is 3. The normalized spacial score (nSPS) is 11.9. The Hall–Kier alpha value is -3.48. The summed E-state index contributed by atoms with van der Waals surface area (Å²) in [6.07, 6.45) is 0. The molecule has 0 radical (unpaired) electrons. The van der Waals surface area contributed by atoms with E-state index in [9.17, 15) is 10.2 Å². The minimum Gasteiger partial charge on any atom is -0.390 e. The molecule has 0 aliphatic carbocycles. The van der Waals surface area contributed by atoms with Gasteiger partial charge in [0, 0.05) is 11.1 Å². The number of aliphatic hydroxyl groups excluding tert-OH is 2. The average Bonchev–Trinajstić information content (AvgIpc) is 2.76. The molecule has 0 heterocycles. The van der Waals surface area contributed by atoms with Crippen molar-refractivity contribution in [3.8, 4) is 0 Å². The van der Waals surface area contributed by atoms with Crippen LogP contribution in [0.5, 0.6) is 0 Å². The van der Waals surface area contributed by atoms with Crippen LogP contribution in [-0.4, -0.2) is 34.9 Å². The summed E-state index contributed by atoms with van der Waals surface area (Å²) in [5.74, 6) is 0. The second kappa shape index (κ2) is 10.0. The summed E-state index contributed by atoms with van der Waals surface area (Å²) < 4.78 is 0. The number of anilines is 2. The monoisotopic (exact) mass is 374 g/mol. The van der Waals surface area contributed by atoms with Crippen LogP contribution >= 0.6 is 0 Å². The standard InChI is InChI=1S/C22H22N4O2/c27-15-21(25-23-19-10-3-1-4-11-19)17-8-7-9-18(14-17)22(16-28)26-24-20-12-5-2-6-13-20/h1-14,23-24,27-28H,15-16H2/b25-21-,26-22?. The second-order valence-electron chi connectivity index (χ2n) is 5.97. The van der Waals surface area contributed by atoms with Crippen LogP contribution < -0.4 is 10.9 Å². The molecule has 28 heavy (non-hydrogen) atoms. The van der Waals surface area contributed by atoms with Crippen molar-refractivity contribution in [2.45, 2.75) is 0 Å². The molecule has 142 valence electrons. The lowest BCUT2D eigenvalue weighted by Crippen LogP contribution is -2.13. The quantitative estimate of drug-likeness (QED) is 0.360. The van der Waals surface area contributed by atoms with Crippen molar-refractivity contribution in [3.05, 3.63) is 96.1 Å². The van der Waals surface area contributed by atoms with Crippen LogP contribution in [0.1, 0.15) is 11.1 Å². The lowest BCUT2D eigenvalue weighted by atomic mass is 10.0. The average molecular weight is 374 g/mol. The summed E-state index contributed by atoms with van der Waals surface area (Å²) in [4.78, 5) is 0. The molecular weight excluding hydrogens is 352 g/mol. The van der Waals surface area contributed by atoms with Gasteiger partial charge in [0.25, 0.3) is 0 Å². The van der Waals surface area contributed by atoms with Crippen LogP contribution in [0, 0.1) is 0 Å². The highest BCUT2D eigenvalue weighted by molar-refractivity contribution is 6.06. The second-order valence-corrected chi connectivity index (χ2v) is 5.97. The van der Waals surface area contributed by atoms with E-state index in [1.165, 1.54) is 0 Å². The Labute approximate surface area is 163 Å². The third-order valence-electron chi connectivity index (χ3n) is 4.02. The van der Waals surface area contributed by atoms with E-state index in [4.69, 9.17) is 0 Å². The van der Waals surface area contributed by atoms with E-state index in [1.54, 1.807) is 0 Å². The highest BCUT2D eigenvalue weighted by atomic mass is 16.3. The molecule has 3 aromatic carbocycles. The molecule has 0 amide bonds. The number of aliphatic hydroxyl groups is 2. The largest absolute Gasteiger partial charge is 0.390 e. The topological polar surface area (TPSA) is 89.2 Å². The van der Waals surface area contributed by atoms with E-state index in [0.717, 1.165) is 22.5 Å². The third kappa shape index (κ3) is 5.26. The summed E-state index contributed by atoms with van der Waals surface area (Å²) in [7, 11) is 0. The predicted molar refractivity (Wildman–Crippen MR) is 114 cm³/mol. The van der Waals surface area contributed by atoms with Gasteiger partial charge < -0.3 is 10.2 Å². The van der Waals surface area contributed by atoms with Crippen molar-refractivity contribution in [1.82, 2.24) is 0 Å². The molecule has 6 nitrogen and oxygen atoms in total. The number of para-hydroxylation sites is 2. The van der Waals surface area contributed by atoms with Crippen molar-refractivity contribution < 1.29 is 10.2 Å². The van der Waals surface area contributed by atoms with Gasteiger partial charge in [0.2, 0.25) is 0 Å². The smallest absolute Gasteiger partial charge is 0.0933 e. The number of hydrazone groups is 2. The minimum atomic E-state index is -0.225. The maximum Gasteiger partial charge on any atom is 0.0933 e. The van der Waals surface area contributed by atoms with Crippen molar-refractivity contribution in [2.75, 3.05) is 24.1 Å². The number of nitrogens with one attached hydrogen (secondary N) is 2. The van der Waals surface area contributed by atoms with Crippen molar-refractivity contribution in [2.24, 2.45) is 10.2 Å². The molecule has 0 atom stereocenters. The van der Waals surface area contributed by atoms with Crippen LogP contribution in [0.3, 0.4) is 0 Å². The third-order valence-corrected chi connectivity index (χ3v) is 4.02. The van der Waals surface area contributed by atoms with Crippen LogP contribution in [0.2, 0.25) is 0 Å². The Morgan fingerprint density at radius 3 is 1.43 bits per heavy atom. The molecule has 4 N–H and O–H groups in total. The van der Waals surface area contributed by atoms with Crippen molar-refractivity contribution in [1.29, 1.82) is 0 Å². The highest BCUT2D eigenvalue weighted by Gasteiger charge is 2.08. The number of nitrogens with zero attached hydrogens (tertiary/aromatic N) is 2. The summed E-state index contributed by atoms with van der Waals surface area (Å²) in [5, 5.41) is 28.1. The van der Waals surface area contributed by atoms with Gasteiger partial charge in [-0.2, -0.15) is 10.2 Å². The summed E-state index contributed by atoms with van der Waals surface area (Å²) in [6.45, 7) is -0.450. The summed E-state index contributed by atoms with van der Waals surface area (Å²) in [5.41, 5.74) is 9.99. The predicted octanol–water partition coefficient (Wildman–Crippen LogP) is 3.30.